The SMILES string of the molecule is N=C/C(C(N)=O)=C(/Cl)c1cc(Br)c[nH]1. The van der Waals surface area contributed by atoms with Crippen LogP contribution in [0.1, 0.15) is 5.69 Å². The van der Waals surface area contributed by atoms with Crippen LogP contribution in [0.25, 0.3) is 5.03 Å². The highest BCUT2D eigenvalue weighted by Gasteiger charge is 2.11. The third-order valence-corrected chi connectivity index (χ3v) is 2.40. The molecule has 0 spiro atoms. The van der Waals surface area contributed by atoms with E-state index in [0.29, 0.717) is 5.69 Å². The van der Waals surface area contributed by atoms with Gasteiger partial charge in [0.2, 0.25) is 0 Å². The van der Waals surface area contributed by atoms with Crippen LogP contribution in [-0.2, 0) is 4.79 Å². The van der Waals surface area contributed by atoms with Crippen LogP contribution in [0.5, 0.6) is 0 Å². The first-order chi connectivity index (χ1) is 6.56. The minimum Gasteiger partial charge on any atom is -0.366 e. The van der Waals surface area contributed by atoms with Gasteiger partial charge in [-0.15, -0.1) is 0 Å². The van der Waals surface area contributed by atoms with Gasteiger partial charge in [-0.1, -0.05) is 11.6 Å². The van der Waals surface area contributed by atoms with Crippen molar-refractivity contribution in [2.75, 3.05) is 0 Å². The monoisotopic (exact) mass is 275 g/mol. The molecule has 0 atom stereocenters. The van der Waals surface area contributed by atoms with E-state index >= 15 is 0 Å². The van der Waals surface area contributed by atoms with E-state index in [1.165, 1.54) is 0 Å². The molecule has 0 fully saturated rings. The Morgan fingerprint density at radius 1 is 1.71 bits per heavy atom. The standard InChI is InChI=1S/C8H7BrClN3O/c9-4-1-6(13-3-4)7(10)5(2-11)8(12)14/h1-3,11,13H,(H2,12,14)/b7-5-,11-2?. The lowest BCUT2D eigenvalue weighted by Gasteiger charge is -1.99. The van der Waals surface area contributed by atoms with Gasteiger partial charge >= 0.3 is 0 Å². The summed E-state index contributed by atoms with van der Waals surface area (Å²) in [6, 6.07) is 1.69. The highest BCUT2D eigenvalue weighted by atomic mass is 79.9. The molecule has 0 aliphatic heterocycles. The first kappa shape index (κ1) is 11.0. The molecule has 1 amide bonds. The normalized spacial score (nSPS) is 12.1. The zero-order valence-corrected chi connectivity index (χ0v) is 9.32. The summed E-state index contributed by atoms with van der Waals surface area (Å²) in [7, 11) is 0. The fourth-order valence-corrected chi connectivity index (χ4v) is 1.48. The second kappa shape index (κ2) is 4.43. The molecule has 0 unspecified atom stereocenters. The van der Waals surface area contributed by atoms with E-state index in [4.69, 9.17) is 22.7 Å². The van der Waals surface area contributed by atoms with E-state index in [9.17, 15) is 4.79 Å². The Hall–Kier alpha value is -1.07. The second-order valence-electron chi connectivity index (χ2n) is 2.47. The van der Waals surface area contributed by atoms with Gasteiger partial charge in [0.15, 0.2) is 0 Å². The van der Waals surface area contributed by atoms with Crippen LogP contribution in [0.4, 0.5) is 0 Å². The number of nitrogens with two attached hydrogens (primary N) is 1. The first-order valence-corrected chi connectivity index (χ1v) is 4.77. The summed E-state index contributed by atoms with van der Waals surface area (Å²) in [6.45, 7) is 0. The average Bonchev–Trinajstić information content (AvgIpc) is 2.52. The van der Waals surface area contributed by atoms with E-state index < -0.39 is 5.91 Å². The number of aromatic nitrogens is 1. The van der Waals surface area contributed by atoms with Gasteiger partial charge < -0.3 is 16.1 Å². The molecule has 1 aromatic rings. The molecule has 14 heavy (non-hydrogen) atoms. The Bertz CT molecular complexity index is 410. The van der Waals surface area contributed by atoms with Gasteiger partial charge in [-0.3, -0.25) is 4.79 Å². The molecule has 0 aromatic carbocycles. The van der Waals surface area contributed by atoms with Crippen LogP contribution in [0, 0.1) is 5.41 Å². The van der Waals surface area contributed by atoms with E-state index in [-0.39, 0.29) is 10.6 Å². The number of carbonyl (C=O) groups is 1. The average molecular weight is 277 g/mol. The number of rotatable bonds is 3. The molecule has 0 radical (unpaired) electrons. The first-order valence-electron chi connectivity index (χ1n) is 3.60. The van der Waals surface area contributed by atoms with E-state index in [1.54, 1.807) is 12.3 Å². The number of H-pyrrole nitrogens is 1. The van der Waals surface area contributed by atoms with Gasteiger partial charge in [0.1, 0.15) is 0 Å². The second-order valence-corrected chi connectivity index (χ2v) is 3.76. The van der Waals surface area contributed by atoms with Gasteiger partial charge in [-0.05, 0) is 22.0 Å². The topological polar surface area (TPSA) is 82.7 Å². The predicted octanol–water partition coefficient (Wildman–Crippen LogP) is 1.86. The molecule has 4 nitrogen and oxygen atoms in total. The molecule has 0 saturated heterocycles. The summed E-state index contributed by atoms with van der Waals surface area (Å²) in [4.78, 5) is 13.7. The Balaban J connectivity index is 3.20. The van der Waals surface area contributed by atoms with Crippen molar-refractivity contribution in [2.45, 2.75) is 0 Å². The summed E-state index contributed by atoms with van der Waals surface area (Å²) in [5.41, 5.74) is 5.55. The minimum atomic E-state index is -0.726. The number of aromatic amines is 1. The van der Waals surface area contributed by atoms with Crippen LogP contribution in [0.2, 0.25) is 0 Å². The predicted molar refractivity (Wildman–Crippen MR) is 59.2 cm³/mol. The summed E-state index contributed by atoms with van der Waals surface area (Å²) in [5.74, 6) is -0.726. The van der Waals surface area contributed by atoms with Crippen molar-refractivity contribution in [3.05, 3.63) is 28.0 Å². The molecule has 1 heterocycles. The van der Waals surface area contributed by atoms with Gasteiger partial charge in [0.05, 0.1) is 16.3 Å². The number of amides is 1. The molecule has 1 aromatic heterocycles. The third kappa shape index (κ3) is 2.24. The fourth-order valence-electron chi connectivity index (χ4n) is 0.882. The lowest BCUT2D eigenvalue weighted by atomic mass is 10.2. The molecule has 6 heteroatoms. The maximum atomic E-state index is 10.9. The van der Waals surface area contributed by atoms with E-state index in [1.807, 2.05) is 0 Å². The van der Waals surface area contributed by atoms with Crippen LogP contribution in [0.3, 0.4) is 0 Å². The van der Waals surface area contributed by atoms with Crippen LogP contribution < -0.4 is 5.73 Å². The fraction of sp³-hybridized carbons (Fsp3) is 0. The number of carbonyl (C=O) groups excluding carboxylic acids is 1. The van der Waals surface area contributed by atoms with Gasteiger partial charge in [-0.25, -0.2) is 0 Å². The molecule has 74 valence electrons. The van der Waals surface area contributed by atoms with Crippen LogP contribution in [-0.4, -0.2) is 17.1 Å². The Kier molecular flexibility index (Phi) is 3.49. The molecule has 0 aliphatic carbocycles. The quantitative estimate of drug-likeness (QED) is 0.571. The van der Waals surface area contributed by atoms with Crippen molar-refractivity contribution in [1.82, 2.24) is 4.98 Å². The maximum Gasteiger partial charge on any atom is 0.251 e. The highest BCUT2D eigenvalue weighted by Crippen LogP contribution is 2.23. The minimum absolute atomic E-state index is 0.0268. The Morgan fingerprint density at radius 3 is 2.71 bits per heavy atom. The van der Waals surface area contributed by atoms with E-state index in [2.05, 4.69) is 20.9 Å². The molecule has 0 saturated carbocycles. The summed E-state index contributed by atoms with van der Waals surface area (Å²) in [6.07, 6.45) is 2.50. The number of halogens is 2. The molecule has 0 aliphatic rings. The van der Waals surface area contributed by atoms with Crippen molar-refractivity contribution in [3.8, 4) is 0 Å². The van der Waals surface area contributed by atoms with Gasteiger partial charge in [-0.2, -0.15) is 0 Å². The summed E-state index contributed by atoms with van der Waals surface area (Å²) in [5, 5.41) is 7.12. The number of hydrogen-bond donors (Lipinski definition) is 3. The van der Waals surface area contributed by atoms with Gasteiger partial charge in [0, 0.05) is 16.9 Å². The van der Waals surface area contributed by atoms with Crippen LogP contribution >= 0.6 is 27.5 Å². The van der Waals surface area contributed by atoms with Crippen molar-refractivity contribution < 1.29 is 4.79 Å². The number of hydrogen-bond acceptors (Lipinski definition) is 2. The molecule has 4 N–H and O–H groups in total. The van der Waals surface area contributed by atoms with Crippen molar-refractivity contribution >= 4 is 44.7 Å². The Morgan fingerprint density at radius 2 is 2.36 bits per heavy atom. The molecular formula is C8H7BrClN3O. The van der Waals surface area contributed by atoms with E-state index in [0.717, 1.165) is 10.7 Å². The van der Waals surface area contributed by atoms with Crippen molar-refractivity contribution in [2.24, 2.45) is 5.73 Å². The molecule has 1 rings (SSSR count). The largest absolute Gasteiger partial charge is 0.366 e. The lowest BCUT2D eigenvalue weighted by molar-refractivity contribution is -0.114. The summed E-state index contributed by atoms with van der Waals surface area (Å²) >= 11 is 9.08. The Labute approximate surface area is 93.8 Å². The molecule has 0 bridgehead atoms. The van der Waals surface area contributed by atoms with Crippen molar-refractivity contribution in [3.63, 3.8) is 0 Å². The van der Waals surface area contributed by atoms with Crippen LogP contribution in [0.15, 0.2) is 22.3 Å². The zero-order chi connectivity index (χ0) is 10.7. The summed E-state index contributed by atoms with van der Waals surface area (Å²) < 4.78 is 0.805. The number of nitrogens with one attached hydrogen (secondary N) is 2. The van der Waals surface area contributed by atoms with Gasteiger partial charge in [0.25, 0.3) is 5.91 Å². The molecular weight excluding hydrogens is 269 g/mol. The third-order valence-electron chi connectivity index (χ3n) is 1.53. The smallest absolute Gasteiger partial charge is 0.251 e. The maximum absolute atomic E-state index is 10.9. The zero-order valence-electron chi connectivity index (χ0n) is 6.97. The van der Waals surface area contributed by atoms with Crippen molar-refractivity contribution in [1.29, 1.82) is 5.41 Å². The lowest BCUT2D eigenvalue weighted by Crippen LogP contribution is -2.15. The highest BCUT2D eigenvalue weighted by molar-refractivity contribution is 9.10. The number of primary amides is 1.